The molecule has 47 heavy (non-hydrogen) atoms. The third-order valence-electron chi connectivity index (χ3n) is 8.98. The van der Waals surface area contributed by atoms with Gasteiger partial charge in [-0.05, 0) is 92.9 Å². The lowest BCUT2D eigenvalue weighted by atomic mass is 9.62. The van der Waals surface area contributed by atoms with Gasteiger partial charge in [0, 0.05) is 42.0 Å². The van der Waals surface area contributed by atoms with E-state index in [2.05, 4.69) is 0 Å². The minimum absolute atomic E-state index is 0.00660. The molecule has 3 rings (SSSR count). The van der Waals surface area contributed by atoms with Gasteiger partial charge >= 0.3 is 11.9 Å². The quantitative estimate of drug-likeness (QED) is 0.101. The molecular weight excluding hydrogens is 651 g/mol. The Morgan fingerprint density at radius 3 is 2.15 bits per heavy atom. The first-order valence-electron chi connectivity index (χ1n) is 15.1. The van der Waals surface area contributed by atoms with Crippen LogP contribution in [0.5, 0.6) is 0 Å². The van der Waals surface area contributed by atoms with E-state index in [0.29, 0.717) is 54.7 Å². The predicted octanol–water partition coefficient (Wildman–Crippen LogP) is 7.04. The summed E-state index contributed by atoms with van der Waals surface area (Å²) in [6.45, 7) is 6.60. The number of allylic oxidation sites excluding steroid dienone is 6. The van der Waals surface area contributed by atoms with Crippen molar-refractivity contribution in [2.45, 2.75) is 79.1 Å². The van der Waals surface area contributed by atoms with E-state index in [9.17, 15) is 39.0 Å². The number of benzene rings is 1. The second-order valence-corrected chi connectivity index (χ2v) is 12.8. The topological polar surface area (TPSA) is 183 Å². The number of aryl methyl sites for hydroxylation is 1. The summed E-state index contributed by atoms with van der Waals surface area (Å²) >= 11 is 11.7. The zero-order valence-corrected chi connectivity index (χ0v) is 28.3. The van der Waals surface area contributed by atoms with Crippen LogP contribution in [0.1, 0.15) is 78.2 Å². The lowest BCUT2D eigenvalue weighted by Gasteiger charge is -2.39. The van der Waals surface area contributed by atoms with Crippen molar-refractivity contribution in [1.82, 2.24) is 0 Å². The molecule has 0 radical (unpaired) electrons. The zero-order valence-electron chi connectivity index (χ0n) is 26.8. The highest BCUT2D eigenvalue weighted by Gasteiger charge is 2.53. The van der Waals surface area contributed by atoms with Crippen molar-refractivity contribution in [3.63, 3.8) is 0 Å². The minimum Gasteiger partial charge on any atom is -0.502 e. The Bertz CT molecular complexity index is 1570. The normalized spacial score (nSPS) is 22.3. The highest BCUT2D eigenvalue weighted by atomic mass is 35.5. The Kier molecular flexibility index (Phi) is 14.3. The zero-order chi connectivity index (χ0) is 35.6. The van der Waals surface area contributed by atoms with Crippen molar-refractivity contribution in [3.8, 4) is 0 Å². The van der Waals surface area contributed by atoms with Gasteiger partial charge in [0.05, 0.1) is 5.03 Å². The maximum atomic E-state index is 12.3. The van der Waals surface area contributed by atoms with Crippen LogP contribution in [0.15, 0.2) is 69.7 Å². The molecule has 2 fully saturated rings. The van der Waals surface area contributed by atoms with Crippen molar-refractivity contribution >= 4 is 58.3 Å². The molecule has 0 heterocycles. The Balaban J connectivity index is 0.000000335. The van der Waals surface area contributed by atoms with Crippen LogP contribution < -0.4 is 0 Å². The maximum Gasteiger partial charge on any atom is 0.372 e. The molecule has 0 saturated heterocycles. The van der Waals surface area contributed by atoms with E-state index in [4.69, 9.17) is 33.4 Å². The molecule has 0 spiro atoms. The molecular formula is C35H40Cl2O10. The SMILES string of the molecule is C/C(=C\C(Cl)=C(\O)C(=O)O)C(=O)CCC1C(=O)CC[C@]2(C)C(=O)CC[C@@H]12.CC(/C=C(/O)C(=O)O)=C(\C)C(=O)CCc1ccccc1Cl. The Hall–Kier alpha value is -4.02. The molecule has 3 atom stereocenters. The van der Waals surface area contributed by atoms with E-state index in [0.717, 1.165) is 17.7 Å². The number of ketones is 4. The first kappa shape index (κ1) is 39.2. The van der Waals surface area contributed by atoms with Crippen LogP contribution >= 0.6 is 23.2 Å². The van der Waals surface area contributed by atoms with Crippen LogP contribution in [0.3, 0.4) is 0 Å². The second kappa shape index (κ2) is 17.2. The van der Waals surface area contributed by atoms with Crippen LogP contribution in [0.4, 0.5) is 0 Å². The van der Waals surface area contributed by atoms with E-state index in [1.807, 2.05) is 25.1 Å². The van der Waals surface area contributed by atoms with Crippen molar-refractivity contribution in [2.24, 2.45) is 17.3 Å². The smallest absolute Gasteiger partial charge is 0.372 e. The van der Waals surface area contributed by atoms with Gasteiger partial charge in [-0.3, -0.25) is 19.2 Å². The number of Topliss-reactive ketones (excluding diaryl/α,β-unsaturated/α-hetero) is 4. The molecule has 2 aliphatic carbocycles. The molecule has 4 N–H and O–H groups in total. The van der Waals surface area contributed by atoms with Gasteiger partial charge in [0.25, 0.3) is 0 Å². The van der Waals surface area contributed by atoms with Gasteiger partial charge in [-0.25, -0.2) is 9.59 Å². The molecule has 0 bridgehead atoms. The van der Waals surface area contributed by atoms with Crippen LogP contribution in [0, 0.1) is 17.3 Å². The number of aliphatic hydroxyl groups excluding tert-OH is 2. The number of rotatable bonds is 12. The Morgan fingerprint density at radius 2 is 1.55 bits per heavy atom. The largest absolute Gasteiger partial charge is 0.502 e. The molecule has 12 heteroatoms. The summed E-state index contributed by atoms with van der Waals surface area (Å²) in [5.41, 5.74) is 1.50. The molecule has 0 amide bonds. The number of carboxylic acid groups (broad SMARTS) is 2. The average Bonchev–Trinajstić information content (AvgIpc) is 3.32. The number of halogens is 2. The predicted molar refractivity (Wildman–Crippen MR) is 176 cm³/mol. The molecule has 1 aromatic carbocycles. The molecule has 1 unspecified atom stereocenters. The Labute approximate surface area is 283 Å². The van der Waals surface area contributed by atoms with Crippen LogP contribution in [0.25, 0.3) is 0 Å². The lowest BCUT2D eigenvalue weighted by molar-refractivity contribution is -0.137. The highest BCUT2D eigenvalue weighted by molar-refractivity contribution is 6.33. The molecule has 2 saturated carbocycles. The third kappa shape index (κ3) is 10.5. The van der Waals surface area contributed by atoms with Crippen LogP contribution in [-0.4, -0.2) is 55.5 Å². The van der Waals surface area contributed by atoms with E-state index in [-0.39, 0.29) is 53.4 Å². The molecule has 0 aliphatic heterocycles. The summed E-state index contributed by atoms with van der Waals surface area (Å²) in [6.07, 6.45) is 5.58. The fourth-order valence-electron chi connectivity index (χ4n) is 5.88. The fourth-order valence-corrected chi connectivity index (χ4v) is 6.35. The average molecular weight is 692 g/mol. The summed E-state index contributed by atoms with van der Waals surface area (Å²) in [6, 6.07) is 7.30. The van der Waals surface area contributed by atoms with Crippen molar-refractivity contribution in [2.75, 3.05) is 0 Å². The number of aliphatic hydroxyl groups is 2. The standard InChI is InChI=1S/C19H23ClO6.C16H17ClO4/c1-10(9-13(20)17(24)18(25)26)14(21)5-3-11-12-4-6-16(23)19(12,2)8-7-15(11)22;1-10(9-15(19)16(20)21)11(2)14(18)8-7-12-5-3-4-6-13(12)17/h9,11-12,24H,3-8H2,1-2H3,(H,25,26);3-6,9,19H,7-8H2,1-2H3,(H,20,21)/b10-9+,17-13-;11-10-,15-9+/t11?,12-,19-;/m0./s1. The lowest BCUT2D eigenvalue weighted by Crippen LogP contribution is -2.42. The van der Waals surface area contributed by atoms with Gasteiger partial charge in [0.2, 0.25) is 11.5 Å². The first-order chi connectivity index (χ1) is 21.9. The van der Waals surface area contributed by atoms with Gasteiger partial charge < -0.3 is 20.4 Å². The highest BCUT2D eigenvalue weighted by Crippen LogP contribution is 2.52. The van der Waals surface area contributed by atoms with E-state index >= 15 is 0 Å². The number of carboxylic acids is 2. The number of carbonyl (C=O) groups is 6. The van der Waals surface area contributed by atoms with Gasteiger partial charge in [0.1, 0.15) is 11.6 Å². The monoisotopic (exact) mass is 690 g/mol. The molecule has 1 aromatic rings. The Morgan fingerprint density at radius 1 is 0.915 bits per heavy atom. The van der Waals surface area contributed by atoms with Gasteiger partial charge in [-0.1, -0.05) is 48.3 Å². The van der Waals surface area contributed by atoms with Crippen molar-refractivity contribution < 1.29 is 49.2 Å². The summed E-state index contributed by atoms with van der Waals surface area (Å²) in [5.74, 6) is -5.18. The second-order valence-electron chi connectivity index (χ2n) is 12.0. The number of carbonyl (C=O) groups excluding carboxylic acids is 4. The summed E-state index contributed by atoms with van der Waals surface area (Å²) < 4.78 is 0. The van der Waals surface area contributed by atoms with Gasteiger partial charge in [-0.15, -0.1) is 0 Å². The van der Waals surface area contributed by atoms with Crippen LogP contribution in [-0.2, 0) is 35.2 Å². The van der Waals surface area contributed by atoms with E-state index in [1.165, 1.54) is 6.92 Å². The van der Waals surface area contributed by atoms with Crippen LogP contribution in [0.2, 0.25) is 5.02 Å². The number of fused-ring (bicyclic) bond motifs is 1. The summed E-state index contributed by atoms with van der Waals surface area (Å²) in [5, 5.41) is 35.9. The molecule has 0 aromatic heterocycles. The number of aliphatic carboxylic acids is 2. The molecule has 10 nitrogen and oxygen atoms in total. The van der Waals surface area contributed by atoms with Crippen molar-refractivity contribution in [1.29, 1.82) is 0 Å². The molecule has 2 aliphatic rings. The van der Waals surface area contributed by atoms with Gasteiger partial charge in [0.15, 0.2) is 11.6 Å². The van der Waals surface area contributed by atoms with Crippen molar-refractivity contribution in [3.05, 3.63) is 80.3 Å². The number of hydrogen-bond donors (Lipinski definition) is 4. The molecule has 254 valence electrons. The third-order valence-corrected chi connectivity index (χ3v) is 9.64. The maximum absolute atomic E-state index is 12.3. The van der Waals surface area contributed by atoms with E-state index < -0.39 is 33.9 Å². The summed E-state index contributed by atoms with van der Waals surface area (Å²) in [4.78, 5) is 70.1. The fraction of sp³-hybridized carbons (Fsp3) is 0.429. The van der Waals surface area contributed by atoms with E-state index in [1.54, 1.807) is 19.9 Å². The summed E-state index contributed by atoms with van der Waals surface area (Å²) in [7, 11) is 0. The first-order valence-corrected chi connectivity index (χ1v) is 15.8. The minimum atomic E-state index is -1.58. The van der Waals surface area contributed by atoms with Gasteiger partial charge in [-0.2, -0.15) is 0 Å². The number of hydrogen-bond acceptors (Lipinski definition) is 8.